The van der Waals surface area contributed by atoms with E-state index >= 15 is 0 Å². The monoisotopic (exact) mass is 647 g/mol. The maximum atomic E-state index is 13.7. The maximum absolute atomic E-state index is 13.7. The van der Waals surface area contributed by atoms with Crippen LogP contribution >= 0.6 is 0 Å². The van der Waals surface area contributed by atoms with E-state index in [-0.39, 0.29) is 29.3 Å². The number of carbonyl (C=O) groups is 5. The number of halogens is 1. The minimum atomic E-state index is -1.26. The number of amides is 2. The van der Waals surface area contributed by atoms with Crippen molar-refractivity contribution in [3.05, 3.63) is 101 Å². The Hall–Kier alpha value is -5.36. The van der Waals surface area contributed by atoms with Crippen molar-refractivity contribution in [2.24, 2.45) is 5.92 Å². The molecule has 0 unspecified atom stereocenters. The van der Waals surface area contributed by atoms with Crippen LogP contribution in [0.3, 0.4) is 0 Å². The molecule has 0 atom stereocenters. The fraction of sp³-hybridized carbons (Fsp3) is 0.286. The molecule has 0 saturated carbocycles. The van der Waals surface area contributed by atoms with E-state index < -0.39 is 11.9 Å². The molecule has 3 N–H and O–H groups in total. The van der Waals surface area contributed by atoms with Crippen LogP contribution in [0.1, 0.15) is 46.0 Å². The van der Waals surface area contributed by atoms with Gasteiger partial charge in [-0.25, -0.2) is 14.0 Å². The smallest absolute Gasteiger partial charge is 0.328 e. The van der Waals surface area contributed by atoms with Crippen molar-refractivity contribution in [1.29, 1.82) is 0 Å². The zero-order chi connectivity index (χ0) is 34.5. The average Bonchev–Trinajstić information content (AvgIpc) is 3.05. The standard InChI is InChI=1S/C31H34FN3O4.C4H4O4/c1-21-20-25(6-13-29(21)33-22(2)36)31(38)35(27-9-11-28(39-3)12-10-27)19-18-34-16-14-24(15-17-34)30(37)23-4-7-26(32)8-5-23;5-3(6)1-2-4(7)8/h4-13,20,24H,14-19H2,1-3H3,(H,33,36);1-2H,(H,5,6)(H,7,8)/b;2-1+. The van der Waals surface area contributed by atoms with Gasteiger partial charge in [0, 0.05) is 60.6 Å². The number of carboxylic acid groups (broad SMARTS) is 2. The second kappa shape index (κ2) is 17.4. The Balaban J connectivity index is 0.000000665. The van der Waals surface area contributed by atoms with E-state index in [1.165, 1.54) is 19.1 Å². The van der Waals surface area contributed by atoms with Crippen LogP contribution in [-0.4, -0.2) is 77.9 Å². The zero-order valence-electron chi connectivity index (χ0n) is 26.4. The highest BCUT2D eigenvalue weighted by Crippen LogP contribution is 2.25. The highest BCUT2D eigenvalue weighted by molar-refractivity contribution is 6.06. The third-order valence-corrected chi connectivity index (χ3v) is 7.51. The zero-order valence-corrected chi connectivity index (χ0v) is 26.4. The first-order valence-corrected chi connectivity index (χ1v) is 14.9. The first-order valence-electron chi connectivity index (χ1n) is 14.9. The molecule has 1 aliphatic heterocycles. The highest BCUT2D eigenvalue weighted by atomic mass is 19.1. The summed E-state index contributed by atoms with van der Waals surface area (Å²) in [5.41, 5.74) is 3.31. The Kier molecular flexibility index (Phi) is 13.3. The molecule has 1 saturated heterocycles. The lowest BCUT2D eigenvalue weighted by Crippen LogP contribution is -2.43. The molecule has 0 spiro atoms. The summed E-state index contributed by atoms with van der Waals surface area (Å²) in [5, 5.41) is 18.4. The maximum Gasteiger partial charge on any atom is 0.328 e. The lowest BCUT2D eigenvalue weighted by atomic mass is 9.89. The predicted octanol–water partition coefficient (Wildman–Crippen LogP) is 5.05. The van der Waals surface area contributed by atoms with Crippen LogP contribution in [0, 0.1) is 18.7 Å². The van der Waals surface area contributed by atoms with Gasteiger partial charge in [-0.3, -0.25) is 14.4 Å². The number of hydrogen-bond acceptors (Lipinski definition) is 7. The number of aryl methyl sites for hydroxylation is 1. The van der Waals surface area contributed by atoms with E-state index in [9.17, 15) is 28.4 Å². The molecule has 0 radical (unpaired) electrons. The van der Waals surface area contributed by atoms with Gasteiger partial charge in [-0.2, -0.15) is 0 Å². The molecule has 2 amide bonds. The average molecular weight is 648 g/mol. The van der Waals surface area contributed by atoms with Crippen molar-refractivity contribution in [3.63, 3.8) is 0 Å². The molecule has 4 rings (SSSR count). The second-order valence-electron chi connectivity index (χ2n) is 10.9. The van der Waals surface area contributed by atoms with Crippen LogP contribution in [-0.2, 0) is 14.4 Å². The molecule has 1 fully saturated rings. The number of methoxy groups -OCH3 is 1. The summed E-state index contributed by atoms with van der Waals surface area (Å²) < 4.78 is 18.5. The minimum Gasteiger partial charge on any atom is -0.497 e. The summed E-state index contributed by atoms with van der Waals surface area (Å²) in [7, 11) is 1.60. The van der Waals surface area contributed by atoms with Gasteiger partial charge in [0.1, 0.15) is 11.6 Å². The lowest BCUT2D eigenvalue weighted by molar-refractivity contribution is -0.134. The SMILES string of the molecule is COc1ccc(N(CCN2CCC(C(=O)c3ccc(F)cc3)CC2)C(=O)c2ccc(NC(C)=O)c(C)c2)cc1.O=C(O)/C=C/C(=O)O. The summed E-state index contributed by atoms with van der Waals surface area (Å²) in [6, 6.07) is 18.4. The van der Waals surface area contributed by atoms with Crippen LogP contribution in [0.2, 0.25) is 0 Å². The van der Waals surface area contributed by atoms with Crippen molar-refractivity contribution in [2.45, 2.75) is 26.7 Å². The van der Waals surface area contributed by atoms with Crippen LogP contribution in [0.5, 0.6) is 5.75 Å². The highest BCUT2D eigenvalue weighted by Gasteiger charge is 2.27. The van der Waals surface area contributed by atoms with Gasteiger partial charge in [0.05, 0.1) is 7.11 Å². The second-order valence-corrected chi connectivity index (χ2v) is 10.9. The third-order valence-electron chi connectivity index (χ3n) is 7.51. The summed E-state index contributed by atoms with van der Waals surface area (Å²) in [5.74, 6) is -2.50. The molecule has 0 aromatic heterocycles. The first kappa shape index (κ1) is 36.1. The first-order chi connectivity index (χ1) is 22.4. The van der Waals surface area contributed by atoms with E-state index in [0.29, 0.717) is 47.8 Å². The number of likely N-dealkylation sites (tertiary alicyclic amines) is 1. The number of carbonyl (C=O) groups excluding carboxylic acids is 3. The minimum absolute atomic E-state index is 0.0581. The number of benzene rings is 3. The van der Waals surface area contributed by atoms with Gasteiger partial charge in [-0.15, -0.1) is 0 Å². The van der Waals surface area contributed by atoms with E-state index in [2.05, 4.69) is 10.2 Å². The van der Waals surface area contributed by atoms with E-state index in [1.807, 2.05) is 31.2 Å². The molecular formula is C35H38FN3O8. The van der Waals surface area contributed by atoms with Crippen molar-refractivity contribution >= 4 is 40.9 Å². The summed E-state index contributed by atoms with van der Waals surface area (Å²) in [6.07, 6.45) is 2.55. The van der Waals surface area contributed by atoms with E-state index in [0.717, 1.165) is 37.2 Å². The van der Waals surface area contributed by atoms with Crippen molar-refractivity contribution < 1.29 is 43.3 Å². The molecule has 12 heteroatoms. The largest absolute Gasteiger partial charge is 0.497 e. The number of anilines is 2. The fourth-order valence-corrected chi connectivity index (χ4v) is 5.05. The van der Waals surface area contributed by atoms with Crippen LogP contribution in [0.25, 0.3) is 0 Å². The number of nitrogens with one attached hydrogen (secondary N) is 1. The van der Waals surface area contributed by atoms with Gasteiger partial charge >= 0.3 is 11.9 Å². The number of ketones is 1. The normalized spacial score (nSPS) is 13.3. The molecule has 1 heterocycles. The molecule has 3 aromatic carbocycles. The van der Waals surface area contributed by atoms with E-state index in [1.54, 1.807) is 42.3 Å². The Morgan fingerprint density at radius 2 is 1.49 bits per heavy atom. The molecule has 0 bridgehead atoms. The fourth-order valence-electron chi connectivity index (χ4n) is 5.05. The van der Waals surface area contributed by atoms with Crippen LogP contribution in [0.4, 0.5) is 15.8 Å². The molecule has 0 aliphatic carbocycles. The van der Waals surface area contributed by atoms with Gasteiger partial charge in [0.15, 0.2) is 5.78 Å². The van der Waals surface area contributed by atoms with Gasteiger partial charge in [0.25, 0.3) is 5.91 Å². The molecule has 47 heavy (non-hydrogen) atoms. The molecule has 1 aliphatic rings. The van der Waals surface area contributed by atoms with Gasteiger partial charge in [0.2, 0.25) is 5.91 Å². The Bertz CT molecular complexity index is 1580. The molecular weight excluding hydrogens is 609 g/mol. The van der Waals surface area contributed by atoms with Gasteiger partial charge < -0.3 is 30.1 Å². The van der Waals surface area contributed by atoms with Crippen LogP contribution in [0.15, 0.2) is 78.9 Å². The number of ether oxygens (including phenoxy) is 1. The summed E-state index contributed by atoms with van der Waals surface area (Å²) in [4.78, 5) is 61.1. The Morgan fingerprint density at radius 3 is 2.00 bits per heavy atom. The van der Waals surface area contributed by atoms with Crippen molar-refractivity contribution in [3.8, 4) is 5.75 Å². The number of hydrogen-bond donors (Lipinski definition) is 3. The summed E-state index contributed by atoms with van der Waals surface area (Å²) in [6.45, 7) is 5.91. The molecule has 11 nitrogen and oxygen atoms in total. The lowest BCUT2D eigenvalue weighted by Gasteiger charge is -2.33. The Morgan fingerprint density at radius 1 is 0.915 bits per heavy atom. The van der Waals surface area contributed by atoms with Crippen molar-refractivity contribution in [2.75, 3.05) is 43.5 Å². The number of carboxylic acids is 2. The quantitative estimate of drug-likeness (QED) is 0.192. The molecule has 3 aromatic rings. The molecule has 248 valence electrons. The van der Waals surface area contributed by atoms with E-state index in [4.69, 9.17) is 14.9 Å². The van der Waals surface area contributed by atoms with Gasteiger partial charge in [-0.05, 0) is 105 Å². The predicted molar refractivity (Wildman–Crippen MR) is 174 cm³/mol. The Labute approximate surface area is 272 Å². The topological polar surface area (TPSA) is 154 Å². The number of Topliss-reactive ketones (excluding diaryl/α,β-unsaturated/α-hetero) is 1. The number of rotatable bonds is 11. The third kappa shape index (κ3) is 11.2. The number of aliphatic carboxylic acids is 2. The van der Waals surface area contributed by atoms with Crippen LogP contribution < -0.4 is 15.0 Å². The number of piperidine rings is 1. The summed E-state index contributed by atoms with van der Waals surface area (Å²) >= 11 is 0. The van der Waals surface area contributed by atoms with Crippen molar-refractivity contribution in [1.82, 2.24) is 4.90 Å². The van der Waals surface area contributed by atoms with Gasteiger partial charge in [-0.1, -0.05) is 0 Å². The number of nitrogens with zero attached hydrogens (tertiary/aromatic N) is 2.